The summed E-state index contributed by atoms with van der Waals surface area (Å²) in [6.45, 7) is 3.24. The Kier molecular flexibility index (Phi) is 3.33. The molecule has 2 N–H and O–H groups in total. The van der Waals surface area contributed by atoms with E-state index in [1.807, 2.05) is 19.4 Å². The van der Waals surface area contributed by atoms with Crippen LogP contribution in [0.5, 0.6) is 0 Å². The fraction of sp³-hybridized carbons (Fsp3) is 0.333. The highest BCUT2D eigenvalue weighted by atomic mass is 32.1. The monoisotopic (exact) mass is 290 g/mol. The molecule has 0 amide bonds. The van der Waals surface area contributed by atoms with E-state index >= 15 is 0 Å². The van der Waals surface area contributed by atoms with Crippen molar-refractivity contribution >= 4 is 22.5 Å². The maximum Gasteiger partial charge on any atom is 0.277 e. The molecule has 0 aliphatic rings. The van der Waals surface area contributed by atoms with Crippen LogP contribution in [0, 0.1) is 6.92 Å². The van der Waals surface area contributed by atoms with Crippen molar-refractivity contribution in [2.75, 3.05) is 7.05 Å². The molecule has 0 radical (unpaired) electrons. The Morgan fingerprint density at radius 2 is 2.20 bits per heavy atom. The van der Waals surface area contributed by atoms with Crippen molar-refractivity contribution < 1.29 is 0 Å². The van der Waals surface area contributed by atoms with E-state index in [2.05, 4.69) is 29.8 Å². The fourth-order valence-electron chi connectivity index (χ4n) is 1.98. The summed E-state index contributed by atoms with van der Waals surface area (Å²) in [6, 6.07) is 0. The van der Waals surface area contributed by atoms with Crippen LogP contribution in [-0.4, -0.2) is 36.9 Å². The molecule has 0 saturated carbocycles. The van der Waals surface area contributed by atoms with E-state index in [9.17, 15) is 4.79 Å². The molecular weight excluding hydrogens is 276 g/mol. The van der Waals surface area contributed by atoms with Gasteiger partial charge in [-0.15, -0.1) is 11.3 Å². The number of nitrogens with zero attached hydrogens (tertiary/aromatic N) is 4. The maximum absolute atomic E-state index is 11.8. The van der Waals surface area contributed by atoms with Gasteiger partial charge in [-0.1, -0.05) is 0 Å². The largest absolute Gasteiger partial charge is 0.339 e. The Labute approximate surface area is 118 Å². The van der Waals surface area contributed by atoms with Gasteiger partial charge in [0.25, 0.3) is 5.56 Å². The number of imidazole rings is 1. The molecule has 0 saturated heterocycles. The average molecular weight is 290 g/mol. The third-order valence-electron chi connectivity index (χ3n) is 2.84. The number of rotatable bonds is 4. The van der Waals surface area contributed by atoms with Gasteiger partial charge in [0.2, 0.25) is 0 Å². The Morgan fingerprint density at radius 1 is 1.35 bits per heavy atom. The van der Waals surface area contributed by atoms with Crippen LogP contribution >= 0.6 is 11.3 Å². The topological polar surface area (TPSA) is 90.6 Å². The van der Waals surface area contributed by atoms with E-state index in [-0.39, 0.29) is 5.56 Å². The Hall–Kier alpha value is -2.06. The molecule has 0 aliphatic heterocycles. The third-order valence-corrected chi connectivity index (χ3v) is 3.79. The van der Waals surface area contributed by atoms with Crippen molar-refractivity contribution in [3.63, 3.8) is 0 Å². The molecule has 0 unspecified atom stereocenters. The average Bonchev–Trinajstić information content (AvgIpc) is 2.98. The van der Waals surface area contributed by atoms with Crippen LogP contribution in [0.2, 0.25) is 0 Å². The number of aromatic nitrogens is 5. The second-order valence-corrected chi connectivity index (χ2v) is 5.61. The van der Waals surface area contributed by atoms with Crippen molar-refractivity contribution in [2.24, 2.45) is 0 Å². The smallest absolute Gasteiger partial charge is 0.277 e. The van der Waals surface area contributed by atoms with Gasteiger partial charge in [0.15, 0.2) is 11.2 Å². The Balaban J connectivity index is 1.76. The fourth-order valence-corrected chi connectivity index (χ4v) is 2.83. The van der Waals surface area contributed by atoms with Crippen molar-refractivity contribution in [2.45, 2.75) is 20.0 Å². The van der Waals surface area contributed by atoms with Gasteiger partial charge in [0, 0.05) is 11.1 Å². The highest BCUT2D eigenvalue weighted by molar-refractivity contribution is 7.09. The highest BCUT2D eigenvalue weighted by Gasteiger charge is 2.09. The minimum atomic E-state index is -0.194. The summed E-state index contributed by atoms with van der Waals surface area (Å²) in [7, 11) is 1.96. The van der Waals surface area contributed by atoms with E-state index in [1.54, 1.807) is 11.3 Å². The molecule has 0 aliphatic carbocycles. The zero-order valence-electron chi connectivity index (χ0n) is 11.2. The van der Waals surface area contributed by atoms with Gasteiger partial charge in [0.1, 0.15) is 10.8 Å². The van der Waals surface area contributed by atoms with Crippen molar-refractivity contribution in [1.29, 1.82) is 0 Å². The molecule has 0 spiro atoms. The second-order valence-electron chi connectivity index (χ2n) is 4.67. The molecule has 0 atom stereocenters. The zero-order valence-corrected chi connectivity index (χ0v) is 12.0. The maximum atomic E-state index is 11.8. The van der Waals surface area contributed by atoms with Gasteiger partial charge in [-0.3, -0.25) is 9.69 Å². The third kappa shape index (κ3) is 2.61. The number of aryl methyl sites for hydroxylation is 1. The summed E-state index contributed by atoms with van der Waals surface area (Å²) < 4.78 is 0. The Morgan fingerprint density at radius 3 is 2.95 bits per heavy atom. The predicted octanol–water partition coefficient (Wildman–Crippen LogP) is 1.04. The van der Waals surface area contributed by atoms with Crippen LogP contribution in [0.25, 0.3) is 11.2 Å². The van der Waals surface area contributed by atoms with Crippen molar-refractivity contribution in [1.82, 2.24) is 29.8 Å². The number of aromatic amines is 2. The van der Waals surface area contributed by atoms with Gasteiger partial charge >= 0.3 is 0 Å². The zero-order chi connectivity index (χ0) is 14.1. The first-order valence-electron chi connectivity index (χ1n) is 6.13. The van der Waals surface area contributed by atoms with Crippen LogP contribution in [0.4, 0.5) is 0 Å². The van der Waals surface area contributed by atoms with E-state index in [0.717, 1.165) is 17.2 Å². The second kappa shape index (κ2) is 5.14. The molecule has 3 aromatic rings. The first-order chi connectivity index (χ1) is 9.61. The van der Waals surface area contributed by atoms with E-state index in [1.165, 1.54) is 6.33 Å². The van der Waals surface area contributed by atoms with Gasteiger partial charge in [0.05, 0.1) is 19.4 Å². The van der Waals surface area contributed by atoms with Gasteiger partial charge in [-0.05, 0) is 14.0 Å². The summed E-state index contributed by atoms with van der Waals surface area (Å²) in [6.07, 6.45) is 1.47. The summed E-state index contributed by atoms with van der Waals surface area (Å²) in [5.74, 6) is 0.602. The lowest BCUT2D eigenvalue weighted by atomic mass is 10.4. The minimum absolute atomic E-state index is 0.194. The quantitative estimate of drug-likeness (QED) is 0.749. The SMILES string of the molecule is Cc1csc(CN(C)Cc2nc3nc[nH]c3c(=O)[nH]2)n1. The molecule has 7 nitrogen and oxygen atoms in total. The summed E-state index contributed by atoms with van der Waals surface area (Å²) in [4.78, 5) is 32.2. The molecule has 20 heavy (non-hydrogen) atoms. The molecule has 8 heteroatoms. The molecule has 3 heterocycles. The van der Waals surface area contributed by atoms with Gasteiger partial charge < -0.3 is 9.97 Å². The van der Waals surface area contributed by atoms with Crippen LogP contribution in [-0.2, 0) is 13.1 Å². The minimum Gasteiger partial charge on any atom is -0.339 e. The molecule has 104 valence electrons. The highest BCUT2D eigenvalue weighted by Crippen LogP contribution is 2.11. The number of H-pyrrole nitrogens is 2. The van der Waals surface area contributed by atoms with E-state index < -0.39 is 0 Å². The first kappa shape index (κ1) is 12.9. The van der Waals surface area contributed by atoms with E-state index in [0.29, 0.717) is 23.5 Å². The number of hydrogen-bond acceptors (Lipinski definition) is 6. The lowest BCUT2D eigenvalue weighted by Gasteiger charge is -2.13. The van der Waals surface area contributed by atoms with E-state index in [4.69, 9.17) is 0 Å². The standard InChI is InChI=1S/C12H14N6OS/c1-7-5-20-9(15-7)4-18(2)3-8-16-11-10(12(19)17-8)13-6-14-11/h5-6H,3-4H2,1-2H3,(H2,13,14,16,17,19). The lowest BCUT2D eigenvalue weighted by Crippen LogP contribution is -2.21. The molecule has 0 bridgehead atoms. The Bertz CT molecular complexity index is 788. The number of hydrogen-bond donors (Lipinski definition) is 2. The normalized spacial score (nSPS) is 11.6. The van der Waals surface area contributed by atoms with Gasteiger partial charge in [-0.2, -0.15) is 0 Å². The molecular formula is C12H14N6OS. The summed E-state index contributed by atoms with van der Waals surface area (Å²) in [5.41, 5.74) is 1.69. The summed E-state index contributed by atoms with van der Waals surface area (Å²) >= 11 is 1.63. The predicted molar refractivity (Wildman–Crippen MR) is 76.5 cm³/mol. The summed E-state index contributed by atoms with van der Waals surface area (Å²) in [5, 5.41) is 3.08. The van der Waals surface area contributed by atoms with Crippen molar-refractivity contribution in [3.05, 3.63) is 38.6 Å². The van der Waals surface area contributed by atoms with Crippen LogP contribution in [0.15, 0.2) is 16.5 Å². The lowest BCUT2D eigenvalue weighted by molar-refractivity contribution is 0.310. The molecule has 3 rings (SSSR count). The van der Waals surface area contributed by atoms with Gasteiger partial charge in [-0.25, -0.2) is 15.0 Å². The number of nitrogens with one attached hydrogen (secondary N) is 2. The first-order valence-corrected chi connectivity index (χ1v) is 7.01. The number of fused-ring (bicyclic) bond motifs is 1. The number of thiazole rings is 1. The molecule has 3 aromatic heterocycles. The molecule has 0 aromatic carbocycles. The van der Waals surface area contributed by atoms with Crippen LogP contribution < -0.4 is 5.56 Å². The van der Waals surface area contributed by atoms with Crippen LogP contribution in [0.3, 0.4) is 0 Å². The molecule has 0 fully saturated rings. The van der Waals surface area contributed by atoms with Crippen molar-refractivity contribution in [3.8, 4) is 0 Å². The van der Waals surface area contributed by atoms with Crippen LogP contribution in [0.1, 0.15) is 16.5 Å².